The van der Waals surface area contributed by atoms with Crippen LogP contribution in [0.15, 0.2) is 30.6 Å². The van der Waals surface area contributed by atoms with Gasteiger partial charge in [0.05, 0.1) is 0 Å². The number of hydrogen-bond acceptors (Lipinski definition) is 5. The number of hydrogen-bond donors (Lipinski definition) is 1. The summed E-state index contributed by atoms with van der Waals surface area (Å²) in [5.74, 6) is 0.687. The van der Waals surface area contributed by atoms with Gasteiger partial charge in [0.1, 0.15) is 17.8 Å². The largest absolute Gasteiger partial charge is 0.368 e. The summed E-state index contributed by atoms with van der Waals surface area (Å²) in [6.07, 6.45) is 2.39. The minimum absolute atomic E-state index is 0.135. The number of piperazine rings is 1. The molecule has 0 atom stereocenters. The third kappa shape index (κ3) is 3.95. The molecular weight excluding hydrogens is 326 g/mol. The molecule has 1 fully saturated rings. The fourth-order valence-corrected chi connectivity index (χ4v) is 3.23. The van der Waals surface area contributed by atoms with Crippen LogP contribution >= 0.6 is 0 Å². The van der Waals surface area contributed by atoms with Crippen LogP contribution in [0, 0.1) is 13.8 Å². The highest BCUT2D eigenvalue weighted by atomic mass is 16.1. The number of nitrogens with zero attached hydrogens (tertiary/aromatic N) is 4. The molecule has 6 nitrogen and oxygen atoms in total. The van der Waals surface area contributed by atoms with Gasteiger partial charge in [-0.25, -0.2) is 9.97 Å². The molecule has 0 saturated carbocycles. The van der Waals surface area contributed by atoms with Crippen molar-refractivity contribution in [3.05, 3.63) is 47.4 Å². The number of carbonyl (C=O) groups excluding carboxylic acids is 1. The number of rotatable bonds is 5. The predicted octanol–water partition coefficient (Wildman–Crippen LogP) is 2.56. The highest BCUT2D eigenvalue weighted by Gasteiger charge is 2.20. The van der Waals surface area contributed by atoms with Crippen molar-refractivity contribution in [2.24, 2.45) is 0 Å². The van der Waals surface area contributed by atoms with Crippen LogP contribution in [0.25, 0.3) is 0 Å². The van der Waals surface area contributed by atoms with Crippen molar-refractivity contribution in [1.29, 1.82) is 0 Å². The Morgan fingerprint density at radius 2 is 1.85 bits per heavy atom. The predicted molar refractivity (Wildman–Crippen MR) is 105 cm³/mol. The zero-order valence-corrected chi connectivity index (χ0v) is 15.8. The molecule has 26 heavy (non-hydrogen) atoms. The average molecular weight is 353 g/mol. The van der Waals surface area contributed by atoms with Crippen LogP contribution in [0.3, 0.4) is 0 Å². The summed E-state index contributed by atoms with van der Waals surface area (Å²) in [5, 5.41) is 2.86. The van der Waals surface area contributed by atoms with Crippen LogP contribution in [0.1, 0.15) is 35.0 Å². The average Bonchev–Trinajstić information content (AvgIpc) is 2.68. The summed E-state index contributed by atoms with van der Waals surface area (Å²) in [5.41, 5.74) is 4.41. The smallest absolute Gasteiger partial charge is 0.270 e. The van der Waals surface area contributed by atoms with Gasteiger partial charge in [0.15, 0.2) is 0 Å². The number of benzene rings is 1. The van der Waals surface area contributed by atoms with Crippen molar-refractivity contribution in [2.45, 2.75) is 27.2 Å². The molecule has 2 aromatic rings. The summed E-state index contributed by atoms with van der Waals surface area (Å²) in [7, 11) is 0. The molecule has 1 aliphatic heterocycles. The topological polar surface area (TPSA) is 61.4 Å². The monoisotopic (exact) mass is 353 g/mol. The maximum absolute atomic E-state index is 12.1. The fraction of sp³-hybridized carbons (Fsp3) is 0.450. The molecule has 0 aliphatic carbocycles. The highest BCUT2D eigenvalue weighted by molar-refractivity contribution is 5.92. The number of aryl methyl sites for hydroxylation is 1. The Balaban J connectivity index is 1.66. The van der Waals surface area contributed by atoms with Gasteiger partial charge in [-0.15, -0.1) is 0 Å². The van der Waals surface area contributed by atoms with Crippen molar-refractivity contribution in [3.63, 3.8) is 0 Å². The summed E-state index contributed by atoms with van der Waals surface area (Å²) >= 11 is 0. The van der Waals surface area contributed by atoms with Gasteiger partial charge < -0.3 is 15.1 Å². The van der Waals surface area contributed by atoms with E-state index in [0.29, 0.717) is 12.2 Å². The summed E-state index contributed by atoms with van der Waals surface area (Å²) < 4.78 is 0. The maximum atomic E-state index is 12.1. The van der Waals surface area contributed by atoms with Gasteiger partial charge in [-0.2, -0.15) is 0 Å². The number of amides is 1. The number of aromatic nitrogens is 2. The van der Waals surface area contributed by atoms with Crippen LogP contribution < -0.4 is 15.1 Å². The Morgan fingerprint density at radius 1 is 1.12 bits per heavy atom. The zero-order valence-electron chi connectivity index (χ0n) is 15.8. The SMILES string of the molecule is CCCNC(=O)c1cc(N2CCN(c3cccc(C)c3C)CC2)ncn1. The van der Waals surface area contributed by atoms with Gasteiger partial charge in [0.2, 0.25) is 0 Å². The van der Waals surface area contributed by atoms with Crippen LogP contribution in [-0.2, 0) is 0 Å². The minimum Gasteiger partial charge on any atom is -0.368 e. The van der Waals surface area contributed by atoms with Gasteiger partial charge in [-0.3, -0.25) is 4.79 Å². The van der Waals surface area contributed by atoms with E-state index in [1.54, 1.807) is 6.07 Å². The second kappa shape index (κ2) is 8.17. The molecule has 1 aliphatic rings. The Hall–Kier alpha value is -2.63. The summed E-state index contributed by atoms with van der Waals surface area (Å²) in [6, 6.07) is 8.26. The minimum atomic E-state index is -0.135. The molecule has 0 spiro atoms. The zero-order chi connectivity index (χ0) is 18.5. The van der Waals surface area contributed by atoms with Gasteiger partial charge in [-0.1, -0.05) is 19.1 Å². The molecule has 0 bridgehead atoms. The van der Waals surface area contributed by atoms with Crippen molar-refractivity contribution in [2.75, 3.05) is 42.5 Å². The fourth-order valence-electron chi connectivity index (χ4n) is 3.23. The highest BCUT2D eigenvalue weighted by Crippen LogP contribution is 2.25. The normalized spacial score (nSPS) is 14.4. The third-order valence-electron chi connectivity index (χ3n) is 4.94. The van der Waals surface area contributed by atoms with Crippen LogP contribution in [0.4, 0.5) is 11.5 Å². The second-order valence-electron chi connectivity index (χ2n) is 6.71. The lowest BCUT2D eigenvalue weighted by Gasteiger charge is -2.37. The van der Waals surface area contributed by atoms with E-state index in [2.05, 4.69) is 57.1 Å². The molecule has 1 amide bonds. The van der Waals surface area contributed by atoms with Crippen molar-refractivity contribution in [1.82, 2.24) is 15.3 Å². The Kier molecular flexibility index (Phi) is 5.71. The molecule has 1 aromatic carbocycles. The van der Waals surface area contributed by atoms with E-state index in [0.717, 1.165) is 38.4 Å². The first-order valence-corrected chi connectivity index (χ1v) is 9.26. The standard InChI is InChI=1S/C20H27N5O/c1-4-8-21-20(26)17-13-19(23-14-22-17)25-11-9-24(10-12-25)18-7-5-6-15(2)16(18)3/h5-7,13-14H,4,8-12H2,1-3H3,(H,21,26). The van der Waals surface area contributed by atoms with E-state index in [4.69, 9.17) is 0 Å². The molecular formula is C20H27N5O. The third-order valence-corrected chi connectivity index (χ3v) is 4.94. The van der Waals surface area contributed by atoms with Crippen LogP contribution in [-0.4, -0.2) is 48.6 Å². The number of carbonyl (C=O) groups is 1. The van der Waals surface area contributed by atoms with E-state index >= 15 is 0 Å². The second-order valence-corrected chi connectivity index (χ2v) is 6.71. The molecule has 3 rings (SSSR count). The first kappa shape index (κ1) is 18.2. The Morgan fingerprint density at radius 3 is 2.58 bits per heavy atom. The quantitative estimate of drug-likeness (QED) is 0.895. The molecule has 138 valence electrons. The van der Waals surface area contributed by atoms with Crippen molar-refractivity contribution >= 4 is 17.4 Å². The van der Waals surface area contributed by atoms with Gasteiger partial charge in [0.25, 0.3) is 5.91 Å². The Bertz CT molecular complexity index is 769. The lowest BCUT2D eigenvalue weighted by atomic mass is 10.1. The molecule has 6 heteroatoms. The van der Waals surface area contributed by atoms with Crippen molar-refractivity contribution < 1.29 is 4.79 Å². The summed E-state index contributed by atoms with van der Waals surface area (Å²) in [6.45, 7) is 10.6. The van der Waals surface area contributed by atoms with E-state index in [9.17, 15) is 4.79 Å². The molecule has 1 N–H and O–H groups in total. The number of nitrogens with one attached hydrogen (secondary N) is 1. The summed E-state index contributed by atoms with van der Waals surface area (Å²) in [4.78, 5) is 25.2. The molecule has 0 radical (unpaired) electrons. The Labute approximate surface area is 155 Å². The maximum Gasteiger partial charge on any atom is 0.270 e. The van der Waals surface area contributed by atoms with E-state index in [1.165, 1.54) is 23.1 Å². The van der Waals surface area contributed by atoms with E-state index < -0.39 is 0 Å². The van der Waals surface area contributed by atoms with Crippen molar-refractivity contribution in [3.8, 4) is 0 Å². The van der Waals surface area contributed by atoms with Gasteiger partial charge in [-0.05, 0) is 37.5 Å². The van der Waals surface area contributed by atoms with Gasteiger partial charge in [0, 0.05) is 44.5 Å². The van der Waals surface area contributed by atoms with E-state index in [1.807, 2.05) is 6.92 Å². The first-order valence-electron chi connectivity index (χ1n) is 9.26. The van der Waals surface area contributed by atoms with E-state index in [-0.39, 0.29) is 5.91 Å². The molecule has 1 aromatic heterocycles. The first-order chi connectivity index (χ1) is 12.6. The van der Waals surface area contributed by atoms with Crippen LogP contribution in [0.5, 0.6) is 0 Å². The lowest BCUT2D eigenvalue weighted by molar-refractivity contribution is 0.0948. The van der Waals surface area contributed by atoms with Crippen LogP contribution in [0.2, 0.25) is 0 Å². The molecule has 0 unspecified atom stereocenters. The number of anilines is 2. The van der Waals surface area contributed by atoms with Gasteiger partial charge >= 0.3 is 0 Å². The molecule has 1 saturated heterocycles. The molecule has 2 heterocycles. The lowest BCUT2D eigenvalue weighted by Crippen LogP contribution is -2.47.